The van der Waals surface area contributed by atoms with Gasteiger partial charge < -0.3 is 5.32 Å². The molecule has 3 aromatic carbocycles. The molecule has 0 spiro atoms. The van der Waals surface area contributed by atoms with E-state index in [4.69, 9.17) is 11.6 Å². The zero-order valence-corrected chi connectivity index (χ0v) is 18.3. The molecule has 0 unspecified atom stereocenters. The molecule has 5 rings (SSSR count). The minimum atomic E-state index is -0.736. The van der Waals surface area contributed by atoms with Crippen LogP contribution in [0.15, 0.2) is 78.9 Å². The molecule has 4 aromatic rings. The fourth-order valence-electron chi connectivity index (χ4n) is 3.81. The Balaban J connectivity index is 1.53. The third kappa shape index (κ3) is 4.25. The van der Waals surface area contributed by atoms with Gasteiger partial charge in [-0.25, -0.2) is 8.78 Å². The number of fused-ring (bicyclic) bond motifs is 1. The summed E-state index contributed by atoms with van der Waals surface area (Å²) in [6.07, 6.45) is 1.94. The lowest BCUT2D eigenvalue weighted by molar-refractivity contribution is -0.114. The van der Waals surface area contributed by atoms with Crippen LogP contribution in [-0.4, -0.2) is 32.7 Å². The SMILES string of the molecule is O=C(CN1C(c2ccccc2)=C[C@H](c2ccc(Cl)cc2)n2nnnc21)Nc1cc(F)ccc1F. The molecule has 0 saturated carbocycles. The van der Waals surface area contributed by atoms with E-state index in [0.29, 0.717) is 16.7 Å². The number of hydrogen-bond acceptors (Lipinski definition) is 5. The molecule has 34 heavy (non-hydrogen) atoms. The van der Waals surface area contributed by atoms with Crippen LogP contribution in [0.1, 0.15) is 17.2 Å². The average molecular weight is 479 g/mol. The summed E-state index contributed by atoms with van der Waals surface area (Å²) in [6.45, 7) is -0.232. The van der Waals surface area contributed by atoms with Crippen LogP contribution in [0.3, 0.4) is 0 Å². The smallest absolute Gasteiger partial charge is 0.251 e. The van der Waals surface area contributed by atoms with Gasteiger partial charge in [-0.15, -0.1) is 0 Å². The summed E-state index contributed by atoms with van der Waals surface area (Å²) in [4.78, 5) is 14.5. The topological polar surface area (TPSA) is 75.9 Å². The van der Waals surface area contributed by atoms with E-state index >= 15 is 0 Å². The molecular weight excluding hydrogens is 462 g/mol. The number of amides is 1. The van der Waals surface area contributed by atoms with Crippen LogP contribution in [0.25, 0.3) is 5.70 Å². The maximum absolute atomic E-state index is 14.1. The Morgan fingerprint density at radius 3 is 2.56 bits per heavy atom. The van der Waals surface area contributed by atoms with Gasteiger partial charge in [0.25, 0.3) is 5.95 Å². The molecule has 0 aliphatic carbocycles. The normalized spacial score (nSPS) is 15.0. The molecule has 1 N–H and O–H groups in total. The average Bonchev–Trinajstić information content (AvgIpc) is 3.33. The van der Waals surface area contributed by atoms with E-state index < -0.39 is 17.5 Å². The number of nitrogens with one attached hydrogen (secondary N) is 1. The summed E-state index contributed by atoms with van der Waals surface area (Å²) in [5, 5.41) is 15.1. The van der Waals surface area contributed by atoms with Crippen LogP contribution in [0.5, 0.6) is 0 Å². The van der Waals surface area contributed by atoms with Gasteiger partial charge in [-0.05, 0) is 51.9 Å². The molecule has 0 radical (unpaired) electrons. The van der Waals surface area contributed by atoms with Crippen molar-refractivity contribution in [3.05, 3.63) is 107 Å². The number of rotatable bonds is 5. The van der Waals surface area contributed by atoms with Gasteiger partial charge in [-0.3, -0.25) is 9.69 Å². The van der Waals surface area contributed by atoms with Gasteiger partial charge in [-0.1, -0.05) is 59.2 Å². The van der Waals surface area contributed by atoms with Crippen molar-refractivity contribution >= 4 is 34.8 Å². The van der Waals surface area contributed by atoms with E-state index in [1.165, 1.54) is 0 Å². The Bertz CT molecular complexity index is 1370. The van der Waals surface area contributed by atoms with Crippen LogP contribution in [0, 0.1) is 11.6 Å². The monoisotopic (exact) mass is 478 g/mol. The standard InChI is InChI=1S/C24H17ClF2N6O/c25-17-8-6-16(7-9-17)22-13-21(15-4-2-1-3-5-15)32(24-29-30-31-33(22)24)14-23(34)28-20-12-18(26)10-11-19(20)27/h1-13,22H,14H2,(H,28,34)/t22-/m1/s1. The van der Waals surface area contributed by atoms with Gasteiger partial charge in [0, 0.05) is 11.1 Å². The number of aromatic nitrogens is 4. The predicted molar refractivity (Wildman–Crippen MR) is 124 cm³/mol. The highest BCUT2D eigenvalue weighted by Gasteiger charge is 2.32. The molecule has 2 heterocycles. The lowest BCUT2D eigenvalue weighted by atomic mass is 10.0. The van der Waals surface area contributed by atoms with Crippen molar-refractivity contribution in [2.24, 2.45) is 0 Å². The molecule has 7 nitrogen and oxygen atoms in total. The number of anilines is 2. The highest BCUT2D eigenvalue weighted by Crippen LogP contribution is 2.36. The molecule has 10 heteroatoms. The highest BCUT2D eigenvalue weighted by atomic mass is 35.5. The van der Waals surface area contributed by atoms with E-state index in [1.54, 1.807) is 21.7 Å². The van der Waals surface area contributed by atoms with E-state index in [0.717, 1.165) is 29.3 Å². The minimum Gasteiger partial charge on any atom is -0.322 e. The number of benzene rings is 3. The zero-order chi connectivity index (χ0) is 23.7. The molecule has 1 aromatic heterocycles. The Morgan fingerprint density at radius 2 is 1.79 bits per heavy atom. The van der Waals surface area contributed by atoms with Gasteiger partial charge in [0.15, 0.2) is 0 Å². The molecule has 1 amide bonds. The predicted octanol–water partition coefficient (Wildman–Crippen LogP) is 4.69. The van der Waals surface area contributed by atoms with E-state index in [2.05, 4.69) is 20.8 Å². The molecule has 0 bridgehead atoms. The third-order valence-corrected chi connectivity index (χ3v) is 5.62. The van der Waals surface area contributed by atoms with Crippen molar-refractivity contribution in [3.8, 4) is 0 Å². The maximum atomic E-state index is 14.1. The van der Waals surface area contributed by atoms with Crippen molar-refractivity contribution in [2.75, 3.05) is 16.8 Å². The highest BCUT2D eigenvalue weighted by molar-refractivity contribution is 6.30. The molecule has 170 valence electrons. The van der Waals surface area contributed by atoms with Gasteiger partial charge in [0.05, 0.1) is 11.4 Å². The van der Waals surface area contributed by atoms with Crippen LogP contribution in [-0.2, 0) is 4.79 Å². The van der Waals surface area contributed by atoms with E-state index in [-0.39, 0.29) is 18.3 Å². The van der Waals surface area contributed by atoms with Crippen molar-refractivity contribution in [2.45, 2.75) is 6.04 Å². The van der Waals surface area contributed by atoms with Gasteiger partial charge in [0.1, 0.15) is 24.2 Å². The molecule has 1 aliphatic heterocycles. The van der Waals surface area contributed by atoms with Gasteiger partial charge in [-0.2, -0.15) is 4.68 Å². The molecule has 0 fully saturated rings. The van der Waals surface area contributed by atoms with E-state index in [1.807, 2.05) is 48.5 Å². The number of nitrogens with zero attached hydrogens (tertiary/aromatic N) is 5. The largest absolute Gasteiger partial charge is 0.322 e. The first-order chi connectivity index (χ1) is 16.5. The number of halogens is 3. The van der Waals surface area contributed by atoms with Crippen molar-refractivity contribution in [1.82, 2.24) is 20.2 Å². The Hall–Kier alpha value is -4.11. The summed E-state index contributed by atoms with van der Waals surface area (Å²) in [7, 11) is 0. The number of tetrazole rings is 1. The summed E-state index contributed by atoms with van der Waals surface area (Å²) in [5.41, 5.74) is 2.18. The minimum absolute atomic E-state index is 0.232. The number of hydrogen-bond donors (Lipinski definition) is 1. The van der Waals surface area contributed by atoms with Gasteiger partial charge >= 0.3 is 0 Å². The maximum Gasteiger partial charge on any atom is 0.251 e. The van der Waals surface area contributed by atoms with Gasteiger partial charge in [0.2, 0.25) is 5.91 Å². The van der Waals surface area contributed by atoms with E-state index in [9.17, 15) is 13.6 Å². The second-order valence-electron chi connectivity index (χ2n) is 7.60. The number of carbonyl (C=O) groups is 1. The fourth-order valence-corrected chi connectivity index (χ4v) is 3.93. The quantitative estimate of drug-likeness (QED) is 0.450. The van der Waals surface area contributed by atoms with Crippen molar-refractivity contribution < 1.29 is 13.6 Å². The van der Waals surface area contributed by atoms with Crippen molar-refractivity contribution in [3.63, 3.8) is 0 Å². The fraction of sp³-hybridized carbons (Fsp3) is 0.0833. The first-order valence-corrected chi connectivity index (χ1v) is 10.7. The Morgan fingerprint density at radius 1 is 1.03 bits per heavy atom. The first kappa shape index (κ1) is 21.7. The lowest BCUT2D eigenvalue weighted by Gasteiger charge is -2.32. The zero-order valence-electron chi connectivity index (χ0n) is 17.6. The summed E-state index contributed by atoms with van der Waals surface area (Å²) >= 11 is 6.06. The molecule has 0 saturated heterocycles. The summed E-state index contributed by atoms with van der Waals surface area (Å²) in [5.74, 6) is -1.63. The second-order valence-corrected chi connectivity index (χ2v) is 8.03. The van der Waals surface area contributed by atoms with Crippen LogP contribution in [0.4, 0.5) is 20.4 Å². The molecule has 1 aliphatic rings. The molecule has 1 atom stereocenters. The van der Waals surface area contributed by atoms with Crippen LogP contribution >= 0.6 is 11.6 Å². The third-order valence-electron chi connectivity index (χ3n) is 5.37. The van der Waals surface area contributed by atoms with Crippen molar-refractivity contribution in [1.29, 1.82) is 0 Å². The first-order valence-electron chi connectivity index (χ1n) is 10.3. The number of carbonyl (C=O) groups excluding carboxylic acids is 1. The van der Waals surface area contributed by atoms with Crippen LogP contribution < -0.4 is 10.2 Å². The Labute approximate surface area is 198 Å². The van der Waals surface area contributed by atoms with Crippen LogP contribution in [0.2, 0.25) is 5.02 Å². The number of allylic oxidation sites excluding steroid dienone is 1. The summed E-state index contributed by atoms with van der Waals surface area (Å²) < 4.78 is 29.2. The second kappa shape index (κ2) is 9.03. The lowest BCUT2D eigenvalue weighted by Crippen LogP contribution is -2.37. The summed E-state index contributed by atoms with van der Waals surface area (Å²) in [6, 6.07) is 19.3. The molecular formula is C24H17ClF2N6O. The Kier molecular flexibility index (Phi) is 5.77.